The van der Waals surface area contributed by atoms with E-state index in [1.807, 2.05) is 0 Å². The number of rotatable bonds is 12. The van der Waals surface area contributed by atoms with Crippen LogP contribution in [0.25, 0.3) is 0 Å². The van der Waals surface area contributed by atoms with Gasteiger partial charge in [0.05, 0.1) is 6.61 Å². The molecular formula is C12H29CaNaO4S. The van der Waals surface area contributed by atoms with Crippen molar-refractivity contribution in [2.45, 2.75) is 71.1 Å². The third-order valence-electron chi connectivity index (χ3n) is 2.73. The van der Waals surface area contributed by atoms with E-state index in [0.29, 0.717) is 6.42 Å². The zero-order valence-electron chi connectivity index (χ0n) is 10.9. The first kappa shape index (κ1) is 26.0. The summed E-state index contributed by atoms with van der Waals surface area (Å²) in [6, 6.07) is 0. The van der Waals surface area contributed by atoms with Gasteiger partial charge in [-0.2, -0.15) is 8.42 Å². The molecule has 0 saturated heterocycles. The minimum absolute atomic E-state index is 0. The van der Waals surface area contributed by atoms with Gasteiger partial charge in [0.25, 0.3) is 0 Å². The van der Waals surface area contributed by atoms with Gasteiger partial charge in [0.1, 0.15) is 0 Å². The van der Waals surface area contributed by atoms with Crippen molar-refractivity contribution in [1.29, 1.82) is 0 Å². The molecular weight excluding hydrogens is 303 g/mol. The molecule has 0 aromatic carbocycles. The van der Waals surface area contributed by atoms with Gasteiger partial charge in [0.15, 0.2) is 0 Å². The SMILES string of the molecule is CCCCCCCCCCCCOS(=O)(=O)O.[CaH2].[NaH]. The Labute approximate surface area is 170 Å². The second-order valence-electron chi connectivity index (χ2n) is 4.43. The van der Waals surface area contributed by atoms with Crippen LogP contribution in [0.1, 0.15) is 71.1 Å². The van der Waals surface area contributed by atoms with Crippen LogP contribution in [0.4, 0.5) is 0 Å². The summed E-state index contributed by atoms with van der Waals surface area (Å²) in [6.07, 6.45) is 11.9. The van der Waals surface area contributed by atoms with Crippen LogP contribution < -0.4 is 0 Å². The van der Waals surface area contributed by atoms with Gasteiger partial charge in [0.2, 0.25) is 0 Å². The van der Waals surface area contributed by atoms with Gasteiger partial charge in [-0.15, -0.1) is 0 Å². The Bertz CT molecular complexity index is 260. The molecule has 0 aromatic rings. The molecule has 110 valence electrons. The van der Waals surface area contributed by atoms with E-state index in [1.54, 1.807) is 0 Å². The monoisotopic (exact) mass is 332 g/mol. The molecule has 0 spiro atoms. The van der Waals surface area contributed by atoms with Crippen molar-refractivity contribution >= 4 is 77.7 Å². The summed E-state index contributed by atoms with van der Waals surface area (Å²) in [4.78, 5) is 0. The third kappa shape index (κ3) is 25.4. The van der Waals surface area contributed by atoms with Crippen LogP contribution in [-0.4, -0.2) is 86.9 Å². The summed E-state index contributed by atoms with van der Waals surface area (Å²) < 4.78 is 33.0. The van der Waals surface area contributed by atoms with Crippen LogP contribution in [0.15, 0.2) is 0 Å². The molecule has 7 heteroatoms. The Morgan fingerprint density at radius 1 is 0.842 bits per heavy atom. The Hall–Kier alpha value is 2.13. The predicted molar refractivity (Wildman–Crippen MR) is 85.0 cm³/mol. The quantitative estimate of drug-likeness (QED) is 0.338. The normalized spacial score (nSPS) is 10.6. The molecule has 0 bridgehead atoms. The van der Waals surface area contributed by atoms with E-state index in [9.17, 15) is 8.42 Å². The second-order valence-corrected chi connectivity index (χ2v) is 5.52. The average molecular weight is 332 g/mol. The average Bonchev–Trinajstić information content (AvgIpc) is 2.24. The first-order chi connectivity index (χ1) is 8.06. The Kier molecular flexibility index (Phi) is 24.9. The van der Waals surface area contributed by atoms with Gasteiger partial charge in [-0.05, 0) is 6.42 Å². The molecule has 4 nitrogen and oxygen atoms in total. The van der Waals surface area contributed by atoms with E-state index in [-0.39, 0.29) is 73.9 Å². The Morgan fingerprint density at radius 2 is 1.21 bits per heavy atom. The molecule has 0 saturated carbocycles. The van der Waals surface area contributed by atoms with Crippen molar-refractivity contribution in [2.75, 3.05) is 6.61 Å². The van der Waals surface area contributed by atoms with Gasteiger partial charge in [0, 0.05) is 0 Å². The fourth-order valence-electron chi connectivity index (χ4n) is 1.75. The molecule has 0 radical (unpaired) electrons. The zero-order valence-corrected chi connectivity index (χ0v) is 11.7. The summed E-state index contributed by atoms with van der Waals surface area (Å²) in [5.74, 6) is 0. The van der Waals surface area contributed by atoms with Crippen LogP contribution in [0, 0.1) is 0 Å². The van der Waals surface area contributed by atoms with Gasteiger partial charge in [-0.25, -0.2) is 4.18 Å². The van der Waals surface area contributed by atoms with E-state index in [4.69, 9.17) is 4.55 Å². The van der Waals surface area contributed by atoms with Crippen molar-refractivity contribution in [3.8, 4) is 0 Å². The molecule has 0 aromatic heterocycles. The summed E-state index contributed by atoms with van der Waals surface area (Å²) in [6.45, 7) is 2.31. The van der Waals surface area contributed by atoms with Crippen molar-refractivity contribution < 1.29 is 17.2 Å². The number of unbranched alkanes of at least 4 members (excludes halogenated alkanes) is 9. The van der Waals surface area contributed by atoms with Crippen molar-refractivity contribution in [3.05, 3.63) is 0 Å². The molecule has 0 aliphatic heterocycles. The molecule has 0 atom stereocenters. The van der Waals surface area contributed by atoms with E-state index >= 15 is 0 Å². The maximum atomic E-state index is 10.2. The van der Waals surface area contributed by atoms with Crippen LogP contribution in [-0.2, 0) is 14.6 Å². The Balaban J connectivity index is -0.00000128. The summed E-state index contributed by atoms with van der Waals surface area (Å²) in [5, 5.41) is 0. The molecule has 0 rings (SSSR count). The summed E-state index contributed by atoms with van der Waals surface area (Å²) >= 11 is 0. The van der Waals surface area contributed by atoms with Gasteiger partial charge in [-0.3, -0.25) is 4.55 Å². The second kappa shape index (κ2) is 18.2. The predicted octanol–water partition coefficient (Wildman–Crippen LogP) is 2.16. The first-order valence-corrected chi connectivity index (χ1v) is 8.04. The van der Waals surface area contributed by atoms with E-state index in [0.717, 1.165) is 12.8 Å². The molecule has 0 unspecified atom stereocenters. The van der Waals surface area contributed by atoms with E-state index < -0.39 is 10.4 Å². The molecule has 19 heavy (non-hydrogen) atoms. The van der Waals surface area contributed by atoms with E-state index in [2.05, 4.69) is 11.1 Å². The van der Waals surface area contributed by atoms with Gasteiger partial charge < -0.3 is 0 Å². The maximum absolute atomic E-state index is 10.2. The molecule has 1 N–H and O–H groups in total. The topological polar surface area (TPSA) is 63.6 Å². The molecule has 0 amide bonds. The van der Waals surface area contributed by atoms with Crippen LogP contribution in [0.3, 0.4) is 0 Å². The number of hydrogen-bond donors (Lipinski definition) is 1. The van der Waals surface area contributed by atoms with Gasteiger partial charge >= 0.3 is 77.7 Å². The van der Waals surface area contributed by atoms with E-state index in [1.165, 1.54) is 44.9 Å². The Morgan fingerprint density at radius 3 is 1.58 bits per heavy atom. The minimum atomic E-state index is -4.23. The molecule has 0 aliphatic rings. The van der Waals surface area contributed by atoms with Gasteiger partial charge in [-0.1, -0.05) is 64.7 Å². The number of hydrogen-bond acceptors (Lipinski definition) is 3. The van der Waals surface area contributed by atoms with Crippen LogP contribution in [0.2, 0.25) is 0 Å². The van der Waals surface area contributed by atoms with Crippen molar-refractivity contribution in [3.63, 3.8) is 0 Å². The third-order valence-corrected chi connectivity index (χ3v) is 3.19. The summed E-state index contributed by atoms with van der Waals surface area (Å²) in [5.41, 5.74) is 0. The molecule has 0 heterocycles. The van der Waals surface area contributed by atoms with Crippen LogP contribution >= 0.6 is 0 Å². The fourth-order valence-corrected chi connectivity index (χ4v) is 2.08. The summed E-state index contributed by atoms with van der Waals surface area (Å²) in [7, 11) is -4.23. The van der Waals surface area contributed by atoms with Crippen molar-refractivity contribution in [2.24, 2.45) is 0 Å². The zero-order chi connectivity index (χ0) is 13.0. The molecule has 0 aliphatic carbocycles. The standard InChI is InChI=1S/C12H26O4S.Ca.Na.3H/c1-2-3-4-5-6-7-8-9-10-11-12-16-17(13,14)15;;;;;/h2-12H2,1H3,(H,13,14,15);;;;;. The molecule has 0 fully saturated rings. The van der Waals surface area contributed by atoms with Crippen molar-refractivity contribution in [1.82, 2.24) is 0 Å². The first-order valence-electron chi connectivity index (χ1n) is 6.68. The fraction of sp³-hybridized carbons (Fsp3) is 1.00. The van der Waals surface area contributed by atoms with Crippen LogP contribution in [0.5, 0.6) is 0 Å².